The molecule has 0 saturated carbocycles. The Kier molecular flexibility index (Phi) is 4.55. The van der Waals surface area contributed by atoms with Gasteiger partial charge in [-0.15, -0.1) is 0 Å². The summed E-state index contributed by atoms with van der Waals surface area (Å²) < 4.78 is 5.58. The van der Waals surface area contributed by atoms with Crippen LogP contribution < -0.4 is 10.5 Å². The number of anilines is 1. The van der Waals surface area contributed by atoms with Gasteiger partial charge in [0.2, 0.25) is 0 Å². The lowest BCUT2D eigenvalue weighted by molar-refractivity contribution is -0.0132. The van der Waals surface area contributed by atoms with Crippen LogP contribution >= 0.6 is 0 Å². The van der Waals surface area contributed by atoms with Gasteiger partial charge in [-0.3, -0.25) is 9.78 Å². The molecule has 2 radical (unpaired) electrons. The molecule has 26 heavy (non-hydrogen) atoms. The van der Waals surface area contributed by atoms with E-state index < -0.39 is 11.1 Å². The largest absolute Gasteiger partial charge is 0.394 e. The first-order valence-corrected chi connectivity index (χ1v) is 8.46. The average Bonchev–Trinajstić information content (AvgIpc) is 2.60. The summed E-state index contributed by atoms with van der Waals surface area (Å²) in [6.45, 7) is 4.78. The van der Waals surface area contributed by atoms with Crippen molar-refractivity contribution in [2.75, 3.05) is 25.1 Å². The lowest BCUT2D eigenvalue weighted by Crippen LogP contribution is -2.44. The van der Waals surface area contributed by atoms with Crippen molar-refractivity contribution < 1.29 is 9.84 Å². The second kappa shape index (κ2) is 6.42. The Morgan fingerprint density at radius 3 is 2.69 bits per heavy atom. The van der Waals surface area contributed by atoms with Gasteiger partial charge in [-0.2, -0.15) is 5.26 Å². The quantitative estimate of drug-likeness (QED) is 0.803. The van der Waals surface area contributed by atoms with Crippen LogP contribution in [0.3, 0.4) is 0 Å². The first kappa shape index (κ1) is 18.4. The Balaban J connectivity index is 2.19. The van der Waals surface area contributed by atoms with Crippen LogP contribution in [0.5, 0.6) is 0 Å². The number of nitrogens with zero attached hydrogens (tertiary/aromatic N) is 3. The summed E-state index contributed by atoms with van der Waals surface area (Å²) in [5, 5.41) is 20.3. The molecule has 0 aliphatic carbocycles. The Hall–Kier alpha value is -2.37. The molecule has 3 heterocycles. The number of H-pyrrole nitrogens is 1. The number of nitrogens with one attached hydrogen (secondary N) is 1. The maximum atomic E-state index is 12.4. The number of aromatic nitrogens is 2. The van der Waals surface area contributed by atoms with Crippen LogP contribution in [0.4, 0.5) is 5.69 Å². The van der Waals surface area contributed by atoms with Gasteiger partial charge in [-0.25, -0.2) is 0 Å². The van der Waals surface area contributed by atoms with E-state index in [0.29, 0.717) is 29.7 Å². The van der Waals surface area contributed by atoms with Crippen molar-refractivity contribution in [3.05, 3.63) is 33.9 Å². The number of ether oxygens (including phenoxy) is 1. The number of rotatable bonds is 3. The third kappa shape index (κ3) is 3.20. The zero-order valence-corrected chi connectivity index (χ0v) is 15.2. The maximum Gasteiger partial charge on any atom is 0.268 e. The van der Waals surface area contributed by atoms with Crippen LogP contribution in [0.1, 0.15) is 37.9 Å². The fourth-order valence-corrected chi connectivity index (χ4v) is 3.29. The average molecular weight is 352 g/mol. The van der Waals surface area contributed by atoms with E-state index in [1.165, 1.54) is 13.1 Å². The molecule has 134 valence electrons. The van der Waals surface area contributed by atoms with Crippen molar-refractivity contribution in [3.63, 3.8) is 0 Å². The summed E-state index contributed by atoms with van der Waals surface area (Å²) in [5.74, 6) is 0. The van der Waals surface area contributed by atoms with Gasteiger partial charge in [-0.1, -0.05) is 0 Å². The zero-order chi connectivity index (χ0) is 19.1. The van der Waals surface area contributed by atoms with Crippen molar-refractivity contribution >= 4 is 24.4 Å². The second-order valence-electron chi connectivity index (χ2n) is 7.19. The van der Waals surface area contributed by atoms with E-state index in [1.807, 2.05) is 11.0 Å². The van der Waals surface area contributed by atoms with E-state index in [-0.39, 0.29) is 16.9 Å². The van der Waals surface area contributed by atoms with Gasteiger partial charge < -0.3 is 19.7 Å². The summed E-state index contributed by atoms with van der Waals surface area (Å²) in [6.07, 6.45) is 3.01. The van der Waals surface area contributed by atoms with E-state index in [1.54, 1.807) is 13.2 Å². The van der Waals surface area contributed by atoms with E-state index >= 15 is 0 Å². The molecule has 0 amide bonds. The summed E-state index contributed by atoms with van der Waals surface area (Å²) in [4.78, 5) is 21.2. The molecule has 8 heteroatoms. The first-order chi connectivity index (χ1) is 12.2. The van der Waals surface area contributed by atoms with Crippen LogP contribution in [0.15, 0.2) is 17.1 Å². The number of fused-ring (bicyclic) bond motifs is 1. The highest BCUT2D eigenvalue weighted by molar-refractivity contribution is 6.14. The molecule has 3 rings (SSSR count). The van der Waals surface area contributed by atoms with Gasteiger partial charge in [0.1, 0.15) is 19.5 Å². The highest BCUT2D eigenvalue weighted by atomic mass is 16.5. The molecule has 0 bridgehead atoms. The van der Waals surface area contributed by atoms with Gasteiger partial charge in [-0.05, 0) is 32.8 Å². The number of nitriles is 1. The fourth-order valence-electron chi connectivity index (χ4n) is 3.29. The molecule has 1 saturated heterocycles. The highest BCUT2D eigenvalue weighted by Gasteiger charge is 2.32. The minimum Gasteiger partial charge on any atom is -0.394 e. The SMILES string of the molecule is [B]C(C)(O)c1cc2c(N3CCC(C)(OC)CC3)c(C#N)c(=O)[nH]c2cn1. The second-order valence-corrected chi connectivity index (χ2v) is 7.19. The summed E-state index contributed by atoms with van der Waals surface area (Å²) in [5.41, 5.74) is -0.925. The Morgan fingerprint density at radius 1 is 1.50 bits per heavy atom. The number of hydrogen-bond acceptors (Lipinski definition) is 6. The molecule has 1 atom stereocenters. The normalized spacial score (nSPS) is 19.1. The number of aromatic amines is 1. The molecule has 2 N–H and O–H groups in total. The lowest BCUT2D eigenvalue weighted by atomic mass is 9.80. The molecular formula is C18H21BN4O3. The van der Waals surface area contributed by atoms with Gasteiger partial charge in [0, 0.05) is 25.6 Å². The van der Waals surface area contributed by atoms with Crippen LogP contribution in [0, 0.1) is 11.3 Å². The number of pyridine rings is 2. The van der Waals surface area contributed by atoms with Crippen LogP contribution in [0.25, 0.3) is 10.9 Å². The van der Waals surface area contributed by atoms with Gasteiger partial charge in [0.25, 0.3) is 5.56 Å². The molecule has 1 aliphatic heterocycles. The predicted octanol–water partition coefficient (Wildman–Crippen LogP) is 1.13. The van der Waals surface area contributed by atoms with Gasteiger partial charge in [0.05, 0.1) is 34.2 Å². The minimum atomic E-state index is -1.62. The molecule has 0 aromatic carbocycles. The van der Waals surface area contributed by atoms with E-state index in [0.717, 1.165) is 12.8 Å². The number of aliphatic hydroxyl groups is 1. The topological polar surface area (TPSA) is 102 Å². The van der Waals surface area contributed by atoms with Gasteiger partial charge in [0.15, 0.2) is 0 Å². The summed E-state index contributed by atoms with van der Waals surface area (Å²) in [7, 11) is 7.45. The van der Waals surface area contributed by atoms with Crippen molar-refractivity contribution in [3.8, 4) is 6.07 Å². The minimum absolute atomic E-state index is 0.0485. The smallest absolute Gasteiger partial charge is 0.268 e. The summed E-state index contributed by atoms with van der Waals surface area (Å²) >= 11 is 0. The van der Waals surface area contributed by atoms with Crippen molar-refractivity contribution in [1.82, 2.24) is 9.97 Å². The van der Waals surface area contributed by atoms with Crippen molar-refractivity contribution in [2.24, 2.45) is 0 Å². The number of piperidine rings is 1. The monoisotopic (exact) mass is 352 g/mol. The van der Waals surface area contributed by atoms with Crippen molar-refractivity contribution in [1.29, 1.82) is 5.26 Å². The molecule has 2 aromatic heterocycles. The lowest BCUT2D eigenvalue weighted by Gasteiger charge is -2.40. The molecule has 1 aliphatic rings. The zero-order valence-electron chi connectivity index (χ0n) is 15.2. The fraction of sp³-hybridized carbons (Fsp3) is 0.500. The van der Waals surface area contributed by atoms with Crippen molar-refractivity contribution in [2.45, 2.75) is 37.8 Å². The Bertz CT molecular complexity index is 934. The third-order valence-electron chi connectivity index (χ3n) is 5.13. The van der Waals surface area contributed by atoms with Crippen LogP contribution in [-0.2, 0) is 10.2 Å². The number of hydrogen-bond donors (Lipinski definition) is 2. The first-order valence-electron chi connectivity index (χ1n) is 8.46. The molecule has 1 unspecified atom stereocenters. The number of methoxy groups -OCH3 is 1. The Labute approximate surface area is 153 Å². The highest BCUT2D eigenvalue weighted by Crippen LogP contribution is 2.34. The maximum absolute atomic E-state index is 12.4. The third-order valence-corrected chi connectivity index (χ3v) is 5.13. The van der Waals surface area contributed by atoms with Crippen LogP contribution in [-0.4, -0.2) is 48.7 Å². The molecule has 0 spiro atoms. The predicted molar refractivity (Wildman–Crippen MR) is 99.3 cm³/mol. The van der Waals surface area contributed by atoms with E-state index in [4.69, 9.17) is 12.6 Å². The van der Waals surface area contributed by atoms with Gasteiger partial charge >= 0.3 is 0 Å². The standard InChI is InChI=1S/C18H21BN4O3/c1-17(26-3)4-6-23(7-5-17)15-11-8-14(18(2,19)25)21-10-13(11)22-16(24)12(15)9-20/h8,10,25H,4-7H2,1-3H3,(H,22,24). The summed E-state index contributed by atoms with van der Waals surface area (Å²) in [6, 6.07) is 3.65. The van der Waals surface area contributed by atoms with Crippen LogP contribution in [0.2, 0.25) is 0 Å². The molecule has 2 aromatic rings. The van der Waals surface area contributed by atoms with E-state index in [2.05, 4.69) is 16.9 Å². The molecular weight excluding hydrogens is 331 g/mol. The molecule has 7 nitrogen and oxygen atoms in total. The Morgan fingerprint density at radius 2 is 2.15 bits per heavy atom. The molecule has 1 fully saturated rings. The van der Waals surface area contributed by atoms with E-state index in [9.17, 15) is 15.2 Å².